The molecule has 1 unspecified atom stereocenters. The van der Waals surface area contributed by atoms with Gasteiger partial charge in [0.15, 0.2) is 0 Å². The fourth-order valence-electron chi connectivity index (χ4n) is 3.19. The van der Waals surface area contributed by atoms with Gasteiger partial charge in [0.05, 0.1) is 12.7 Å². The van der Waals surface area contributed by atoms with Crippen LogP contribution in [0.4, 0.5) is 5.69 Å². The van der Waals surface area contributed by atoms with Crippen molar-refractivity contribution in [3.05, 3.63) is 29.3 Å². The Kier molecular flexibility index (Phi) is 6.57. The molecule has 5 nitrogen and oxygen atoms in total. The van der Waals surface area contributed by atoms with Gasteiger partial charge in [0.25, 0.3) is 0 Å². The first-order valence-electron chi connectivity index (χ1n) is 8.49. The number of aliphatic hydroxyl groups excluding tert-OH is 2. The van der Waals surface area contributed by atoms with Crippen LogP contribution in [0.3, 0.4) is 0 Å². The fraction of sp³-hybridized carbons (Fsp3) is 0.611. The Labute approximate surface area is 138 Å². The molecule has 0 spiro atoms. The fourth-order valence-corrected chi connectivity index (χ4v) is 3.19. The van der Waals surface area contributed by atoms with Crippen LogP contribution in [0.2, 0.25) is 0 Å². The van der Waals surface area contributed by atoms with E-state index in [0.29, 0.717) is 13.0 Å². The highest BCUT2D eigenvalue weighted by Gasteiger charge is 2.21. The number of hydrogen-bond acceptors (Lipinski definition) is 4. The summed E-state index contributed by atoms with van der Waals surface area (Å²) < 4.78 is 0. The minimum Gasteiger partial charge on any atom is -0.395 e. The molecule has 0 fully saturated rings. The zero-order valence-electron chi connectivity index (χ0n) is 14.2. The molecule has 128 valence electrons. The molecule has 0 radical (unpaired) electrons. The molecule has 0 bridgehead atoms. The molecule has 1 aromatic carbocycles. The molecule has 2 rings (SSSR count). The number of nitrogens with zero attached hydrogens (tertiary/aromatic N) is 2. The first-order valence-corrected chi connectivity index (χ1v) is 8.49. The van der Waals surface area contributed by atoms with Gasteiger partial charge in [0, 0.05) is 32.2 Å². The summed E-state index contributed by atoms with van der Waals surface area (Å²) in [4.78, 5) is 15.6. The Morgan fingerprint density at radius 1 is 1.39 bits per heavy atom. The summed E-state index contributed by atoms with van der Waals surface area (Å²) in [5.41, 5.74) is 3.04. The third-order valence-electron chi connectivity index (χ3n) is 4.57. The van der Waals surface area contributed by atoms with Crippen molar-refractivity contribution in [2.24, 2.45) is 0 Å². The van der Waals surface area contributed by atoms with E-state index in [1.807, 2.05) is 23.1 Å². The quantitative estimate of drug-likeness (QED) is 0.803. The van der Waals surface area contributed by atoms with Gasteiger partial charge in [0.2, 0.25) is 5.91 Å². The molecule has 1 aliphatic rings. The van der Waals surface area contributed by atoms with Crippen molar-refractivity contribution >= 4 is 11.6 Å². The minimum atomic E-state index is -0.513. The highest BCUT2D eigenvalue weighted by molar-refractivity contribution is 5.92. The van der Waals surface area contributed by atoms with Gasteiger partial charge in [-0.2, -0.15) is 0 Å². The third-order valence-corrected chi connectivity index (χ3v) is 4.57. The van der Waals surface area contributed by atoms with Gasteiger partial charge in [-0.25, -0.2) is 0 Å². The molecule has 1 amide bonds. The van der Waals surface area contributed by atoms with Crippen LogP contribution in [0.5, 0.6) is 0 Å². The Hall–Kier alpha value is -1.43. The zero-order valence-corrected chi connectivity index (χ0v) is 14.2. The van der Waals surface area contributed by atoms with Gasteiger partial charge in [-0.1, -0.05) is 19.1 Å². The maximum atomic E-state index is 11.7. The van der Waals surface area contributed by atoms with E-state index in [-0.39, 0.29) is 12.5 Å². The number of carbonyl (C=O) groups is 1. The predicted octanol–water partition coefficient (Wildman–Crippen LogP) is 1.72. The molecule has 0 aromatic heterocycles. The van der Waals surface area contributed by atoms with Crippen molar-refractivity contribution in [1.29, 1.82) is 0 Å². The van der Waals surface area contributed by atoms with Crippen LogP contribution in [-0.2, 0) is 11.2 Å². The summed E-state index contributed by atoms with van der Waals surface area (Å²) >= 11 is 0. The average molecular weight is 320 g/mol. The highest BCUT2D eigenvalue weighted by atomic mass is 16.3. The molecule has 1 atom stereocenters. The maximum absolute atomic E-state index is 11.7. The van der Waals surface area contributed by atoms with E-state index in [0.717, 1.165) is 49.3 Å². The number of benzene rings is 1. The second-order valence-corrected chi connectivity index (χ2v) is 6.12. The van der Waals surface area contributed by atoms with Crippen LogP contribution in [-0.4, -0.2) is 53.8 Å². The van der Waals surface area contributed by atoms with Crippen molar-refractivity contribution in [2.45, 2.75) is 39.2 Å². The Morgan fingerprint density at radius 2 is 2.17 bits per heavy atom. The number of likely N-dealkylation sites (N-methyl/N-ethyl adjacent to an activating group) is 1. The Morgan fingerprint density at radius 3 is 2.83 bits per heavy atom. The molecule has 1 heterocycles. The molecule has 5 heteroatoms. The van der Waals surface area contributed by atoms with Gasteiger partial charge in [-0.05, 0) is 43.0 Å². The monoisotopic (exact) mass is 320 g/mol. The first kappa shape index (κ1) is 17.9. The number of anilines is 1. The van der Waals surface area contributed by atoms with E-state index in [1.165, 1.54) is 0 Å². The standard InChI is InChI=1S/C18H28N2O3/c1-3-19(11-12-21)10-8-18(23)16-6-7-17-15(13-16)5-4-9-20(17)14(2)22/h6-7,13,18,21,23H,3-5,8-12H2,1-2H3. The lowest BCUT2D eigenvalue weighted by Crippen LogP contribution is -2.33. The number of aryl methyl sites for hydroxylation is 1. The minimum absolute atomic E-state index is 0.0711. The molecule has 23 heavy (non-hydrogen) atoms. The summed E-state index contributed by atoms with van der Waals surface area (Å²) in [7, 11) is 0. The number of rotatable bonds is 7. The topological polar surface area (TPSA) is 64.0 Å². The molecule has 1 aliphatic heterocycles. The van der Waals surface area contributed by atoms with E-state index in [2.05, 4.69) is 11.8 Å². The van der Waals surface area contributed by atoms with Crippen LogP contribution < -0.4 is 4.90 Å². The molecular weight excluding hydrogens is 292 g/mol. The van der Waals surface area contributed by atoms with Crippen LogP contribution in [0, 0.1) is 0 Å². The van der Waals surface area contributed by atoms with Gasteiger partial charge in [-0.3, -0.25) is 4.79 Å². The van der Waals surface area contributed by atoms with E-state index < -0.39 is 6.10 Å². The largest absolute Gasteiger partial charge is 0.395 e. The van der Waals surface area contributed by atoms with Crippen molar-refractivity contribution in [3.8, 4) is 0 Å². The number of carbonyl (C=O) groups excluding carboxylic acids is 1. The van der Waals surface area contributed by atoms with Crippen molar-refractivity contribution < 1.29 is 15.0 Å². The lowest BCUT2D eigenvalue weighted by atomic mass is 9.96. The van der Waals surface area contributed by atoms with Gasteiger partial charge in [-0.15, -0.1) is 0 Å². The molecule has 1 aromatic rings. The Balaban J connectivity index is 2.05. The lowest BCUT2D eigenvalue weighted by Gasteiger charge is -2.29. The van der Waals surface area contributed by atoms with Gasteiger partial charge in [0.1, 0.15) is 0 Å². The van der Waals surface area contributed by atoms with Crippen LogP contribution in [0.15, 0.2) is 18.2 Å². The predicted molar refractivity (Wildman–Crippen MR) is 91.6 cm³/mol. The average Bonchev–Trinajstić information content (AvgIpc) is 2.57. The maximum Gasteiger partial charge on any atom is 0.223 e. The summed E-state index contributed by atoms with van der Waals surface area (Å²) in [6.45, 7) is 6.83. The van der Waals surface area contributed by atoms with Crippen LogP contribution in [0.1, 0.15) is 43.9 Å². The van der Waals surface area contributed by atoms with Crippen LogP contribution in [0.25, 0.3) is 0 Å². The van der Waals surface area contributed by atoms with Crippen LogP contribution >= 0.6 is 0 Å². The summed E-state index contributed by atoms with van der Waals surface area (Å²) in [5, 5.41) is 19.5. The molecule has 2 N–H and O–H groups in total. The number of hydrogen-bond donors (Lipinski definition) is 2. The number of amides is 1. The third kappa shape index (κ3) is 4.53. The highest BCUT2D eigenvalue weighted by Crippen LogP contribution is 2.30. The zero-order chi connectivity index (χ0) is 16.8. The summed E-state index contributed by atoms with van der Waals surface area (Å²) in [6.07, 6.45) is 2.04. The molecule has 0 aliphatic carbocycles. The first-order chi connectivity index (χ1) is 11.1. The van der Waals surface area contributed by atoms with Crippen molar-refractivity contribution in [2.75, 3.05) is 37.7 Å². The van der Waals surface area contributed by atoms with Crippen molar-refractivity contribution in [3.63, 3.8) is 0 Å². The molecule has 0 saturated heterocycles. The smallest absolute Gasteiger partial charge is 0.223 e. The normalized spacial score (nSPS) is 15.6. The number of fused-ring (bicyclic) bond motifs is 1. The molecular formula is C18H28N2O3. The van der Waals surface area contributed by atoms with E-state index in [9.17, 15) is 9.90 Å². The summed E-state index contributed by atoms with van der Waals surface area (Å²) in [5.74, 6) is 0.0711. The second-order valence-electron chi connectivity index (χ2n) is 6.12. The van der Waals surface area contributed by atoms with E-state index in [4.69, 9.17) is 5.11 Å². The summed E-state index contributed by atoms with van der Waals surface area (Å²) in [6, 6.07) is 5.92. The van der Waals surface area contributed by atoms with Gasteiger partial charge < -0.3 is 20.0 Å². The second kappa shape index (κ2) is 8.43. The number of aliphatic hydroxyl groups is 2. The van der Waals surface area contributed by atoms with Gasteiger partial charge >= 0.3 is 0 Å². The van der Waals surface area contributed by atoms with Crippen molar-refractivity contribution in [1.82, 2.24) is 4.90 Å². The SMILES string of the molecule is CCN(CCO)CCC(O)c1ccc2c(c1)CCCN2C(C)=O. The van der Waals surface area contributed by atoms with E-state index in [1.54, 1.807) is 6.92 Å². The molecule has 0 saturated carbocycles. The lowest BCUT2D eigenvalue weighted by molar-refractivity contribution is -0.116. The Bertz CT molecular complexity index is 533. The van der Waals surface area contributed by atoms with E-state index >= 15 is 0 Å².